The topological polar surface area (TPSA) is 65.5 Å². The van der Waals surface area contributed by atoms with Crippen molar-refractivity contribution in [2.45, 2.75) is 46.1 Å². The second-order valence-corrected chi connectivity index (χ2v) is 6.44. The molecule has 0 spiro atoms. The number of hydrogen-bond donors (Lipinski definition) is 2. The number of amides is 1. The molecule has 1 rings (SSSR count). The average molecular weight is 293 g/mol. The predicted molar refractivity (Wildman–Crippen MR) is 85.7 cm³/mol. The summed E-state index contributed by atoms with van der Waals surface area (Å²) < 4.78 is 0. The maximum Gasteiger partial charge on any atom is 0.254 e. The van der Waals surface area contributed by atoms with Gasteiger partial charge in [-0.25, -0.2) is 4.98 Å². The van der Waals surface area contributed by atoms with Crippen LogP contribution >= 0.6 is 0 Å². The normalized spacial score (nSPS) is 11.6. The highest BCUT2D eigenvalue weighted by Gasteiger charge is 2.23. The van der Waals surface area contributed by atoms with Crippen LogP contribution in [-0.4, -0.2) is 47.1 Å². The molecule has 0 aromatic carbocycles. The fourth-order valence-electron chi connectivity index (χ4n) is 2.03. The molecule has 0 saturated heterocycles. The van der Waals surface area contributed by atoms with Gasteiger partial charge in [-0.05, 0) is 26.0 Å². The lowest BCUT2D eigenvalue weighted by atomic mass is 9.90. The van der Waals surface area contributed by atoms with Crippen molar-refractivity contribution in [2.75, 3.05) is 25.5 Å². The highest BCUT2D eigenvalue weighted by atomic mass is 16.3. The van der Waals surface area contributed by atoms with Crippen LogP contribution < -0.4 is 5.32 Å². The number of hydrogen-bond acceptors (Lipinski definition) is 4. The molecule has 0 aliphatic carbocycles. The van der Waals surface area contributed by atoms with Crippen molar-refractivity contribution in [3.8, 4) is 0 Å². The maximum atomic E-state index is 12.7. The molecule has 1 amide bonds. The molecule has 1 aromatic rings. The van der Waals surface area contributed by atoms with Gasteiger partial charge >= 0.3 is 0 Å². The zero-order chi connectivity index (χ0) is 16.2. The minimum absolute atomic E-state index is 0.0361. The molecular formula is C16H27N3O2. The first-order valence-corrected chi connectivity index (χ1v) is 7.33. The molecule has 0 fully saturated rings. The number of rotatable bonds is 5. The molecule has 2 N–H and O–H groups in total. The number of pyridine rings is 1. The summed E-state index contributed by atoms with van der Waals surface area (Å²) in [5.74, 6) is 0.599. The lowest BCUT2D eigenvalue weighted by Gasteiger charge is -2.27. The third-order valence-electron chi connectivity index (χ3n) is 3.32. The van der Waals surface area contributed by atoms with Crippen LogP contribution in [-0.2, 0) is 5.41 Å². The van der Waals surface area contributed by atoms with Crippen molar-refractivity contribution in [2.24, 2.45) is 0 Å². The van der Waals surface area contributed by atoms with E-state index in [-0.39, 0.29) is 24.0 Å². The lowest BCUT2D eigenvalue weighted by Crippen LogP contribution is -2.39. The highest BCUT2D eigenvalue weighted by molar-refractivity contribution is 5.95. The Morgan fingerprint density at radius 1 is 1.38 bits per heavy atom. The second-order valence-electron chi connectivity index (χ2n) is 6.44. The van der Waals surface area contributed by atoms with E-state index in [0.29, 0.717) is 17.9 Å². The summed E-state index contributed by atoms with van der Waals surface area (Å²) in [6.07, 6.45) is 0. The first-order chi connectivity index (χ1) is 9.70. The van der Waals surface area contributed by atoms with Crippen molar-refractivity contribution < 1.29 is 9.90 Å². The van der Waals surface area contributed by atoms with Crippen molar-refractivity contribution >= 4 is 11.7 Å². The van der Waals surface area contributed by atoms with Crippen LogP contribution in [0.5, 0.6) is 0 Å². The fraction of sp³-hybridized carbons (Fsp3) is 0.625. The van der Waals surface area contributed by atoms with Gasteiger partial charge in [0.1, 0.15) is 5.82 Å². The Labute approximate surface area is 127 Å². The Kier molecular flexibility index (Phi) is 5.72. The van der Waals surface area contributed by atoms with Crippen LogP contribution in [0.15, 0.2) is 12.1 Å². The summed E-state index contributed by atoms with van der Waals surface area (Å²) in [4.78, 5) is 18.9. The average Bonchev–Trinajstić information content (AvgIpc) is 2.42. The van der Waals surface area contributed by atoms with Gasteiger partial charge in [0.05, 0.1) is 6.61 Å². The maximum absolute atomic E-state index is 12.7. The van der Waals surface area contributed by atoms with Crippen LogP contribution in [0.25, 0.3) is 0 Å². The molecule has 118 valence electrons. The molecule has 0 radical (unpaired) electrons. The third-order valence-corrected chi connectivity index (χ3v) is 3.32. The Hall–Kier alpha value is -1.62. The van der Waals surface area contributed by atoms with Gasteiger partial charge in [0, 0.05) is 36.3 Å². The van der Waals surface area contributed by atoms with Gasteiger partial charge in [-0.2, -0.15) is 0 Å². The number of aromatic nitrogens is 1. The molecule has 1 aromatic heterocycles. The molecule has 5 heteroatoms. The zero-order valence-corrected chi connectivity index (χ0v) is 13.9. The SMILES string of the molecule is CNc1cc(C(=O)N(CCO)C(C)C)cc(C(C)(C)C)n1. The molecular weight excluding hydrogens is 266 g/mol. The molecule has 5 nitrogen and oxygen atoms in total. The van der Waals surface area contributed by atoms with E-state index < -0.39 is 0 Å². The van der Waals surface area contributed by atoms with Gasteiger partial charge in [0.15, 0.2) is 0 Å². The molecule has 0 unspecified atom stereocenters. The van der Waals surface area contributed by atoms with Gasteiger partial charge in [0.2, 0.25) is 0 Å². The van der Waals surface area contributed by atoms with Crippen LogP contribution in [0.3, 0.4) is 0 Å². The van der Waals surface area contributed by atoms with Gasteiger partial charge < -0.3 is 15.3 Å². The molecule has 1 heterocycles. The number of nitrogens with one attached hydrogen (secondary N) is 1. The van der Waals surface area contributed by atoms with Crippen LogP contribution in [0.4, 0.5) is 5.82 Å². The molecule has 21 heavy (non-hydrogen) atoms. The summed E-state index contributed by atoms with van der Waals surface area (Å²) >= 11 is 0. The van der Waals surface area contributed by atoms with E-state index in [2.05, 4.69) is 31.1 Å². The number of carbonyl (C=O) groups excluding carboxylic acids is 1. The molecule has 0 aliphatic heterocycles. The summed E-state index contributed by atoms with van der Waals surface area (Å²) in [6, 6.07) is 3.63. The summed E-state index contributed by atoms with van der Waals surface area (Å²) in [5.41, 5.74) is 1.33. The highest BCUT2D eigenvalue weighted by Crippen LogP contribution is 2.24. The molecule has 0 aliphatic rings. The van der Waals surface area contributed by atoms with Crippen LogP contribution in [0.2, 0.25) is 0 Å². The Morgan fingerprint density at radius 2 is 2.00 bits per heavy atom. The van der Waals surface area contributed by atoms with Gasteiger partial charge in [0.25, 0.3) is 5.91 Å². The zero-order valence-electron chi connectivity index (χ0n) is 13.9. The monoisotopic (exact) mass is 293 g/mol. The van der Waals surface area contributed by atoms with Crippen molar-refractivity contribution in [1.82, 2.24) is 9.88 Å². The van der Waals surface area contributed by atoms with E-state index >= 15 is 0 Å². The number of carbonyl (C=O) groups is 1. The third kappa shape index (κ3) is 4.43. The number of aliphatic hydroxyl groups excluding tert-OH is 1. The van der Waals surface area contributed by atoms with Crippen molar-refractivity contribution in [1.29, 1.82) is 0 Å². The summed E-state index contributed by atoms with van der Waals surface area (Å²) in [5, 5.41) is 12.2. The first-order valence-electron chi connectivity index (χ1n) is 7.33. The van der Waals surface area contributed by atoms with E-state index in [1.54, 1.807) is 18.0 Å². The predicted octanol–water partition coefficient (Wildman–Crippen LogP) is 2.26. The van der Waals surface area contributed by atoms with Crippen molar-refractivity contribution in [3.05, 3.63) is 23.4 Å². The minimum Gasteiger partial charge on any atom is -0.395 e. The van der Waals surface area contributed by atoms with Crippen molar-refractivity contribution in [3.63, 3.8) is 0 Å². The summed E-state index contributed by atoms with van der Waals surface area (Å²) in [6.45, 7) is 10.4. The van der Waals surface area contributed by atoms with E-state index in [1.165, 1.54) is 0 Å². The summed E-state index contributed by atoms with van der Waals surface area (Å²) in [7, 11) is 1.79. The Bertz CT molecular complexity index is 493. The number of nitrogens with zero attached hydrogens (tertiary/aromatic N) is 2. The Morgan fingerprint density at radius 3 is 2.43 bits per heavy atom. The van der Waals surface area contributed by atoms with Gasteiger partial charge in [-0.15, -0.1) is 0 Å². The van der Waals surface area contributed by atoms with E-state index in [4.69, 9.17) is 5.11 Å². The van der Waals surface area contributed by atoms with E-state index in [1.807, 2.05) is 19.9 Å². The fourth-order valence-corrected chi connectivity index (χ4v) is 2.03. The minimum atomic E-state index is -0.137. The smallest absolute Gasteiger partial charge is 0.254 e. The largest absolute Gasteiger partial charge is 0.395 e. The standard InChI is InChI=1S/C16H27N3O2/c1-11(2)19(7-8-20)15(21)12-9-13(16(3,4)5)18-14(10-12)17-6/h9-11,20H,7-8H2,1-6H3,(H,17,18). The number of anilines is 1. The van der Waals surface area contributed by atoms with Crippen LogP contribution in [0, 0.1) is 0 Å². The second kappa shape index (κ2) is 6.89. The van der Waals surface area contributed by atoms with E-state index in [0.717, 1.165) is 5.69 Å². The molecule has 0 bridgehead atoms. The lowest BCUT2D eigenvalue weighted by molar-refractivity contribution is 0.0665. The molecule has 0 atom stereocenters. The first kappa shape index (κ1) is 17.4. The van der Waals surface area contributed by atoms with Crippen LogP contribution in [0.1, 0.15) is 50.7 Å². The quantitative estimate of drug-likeness (QED) is 0.874. The Balaban J connectivity index is 3.25. The molecule has 0 saturated carbocycles. The number of aliphatic hydroxyl groups is 1. The van der Waals surface area contributed by atoms with Gasteiger partial charge in [-0.3, -0.25) is 4.79 Å². The van der Waals surface area contributed by atoms with E-state index in [9.17, 15) is 4.79 Å². The van der Waals surface area contributed by atoms with Gasteiger partial charge in [-0.1, -0.05) is 20.8 Å².